The maximum Gasteiger partial charge on any atom is 0.253 e. The molecule has 3 aromatic heterocycles. The van der Waals surface area contributed by atoms with Gasteiger partial charge >= 0.3 is 0 Å². The molecule has 152 valence electrons. The summed E-state index contributed by atoms with van der Waals surface area (Å²) in [6.45, 7) is 5.72. The Kier molecular flexibility index (Phi) is 4.83. The van der Waals surface area contributed by atoms with E-state index in [0.717, 1.165) is 69.4 Å². The summed E-state index contributed by atoms with van der Waals surface area (Å²) in [5.41, 5.74) is 6.70. The summed E-state index contributed by atoms with van der Waals surface area (Å²) in [4.78, 5) is 22.6. The monoisotopic (exact) mass is 417 g/mol. The number of nitrogens with one attached hydrogen (secondary N) is 1. The van der Waals surface area contributed by atoms with Gasteiger partial charge in [-0.15, -0.1) is 0 Å². The molecule has 1 aliphatic rings. The molecule has 6 nitrogen and oxygen atoms in total. The summed E-state index contributed by atoms with van der Waals surface area (Å²) in [5.74, 6) is 2.16. The van der Waals surface area contributed by atoms with E-state index in [0.29, 0.717) is 0 Å². The zero-order valence-corrected chi connectivity index (χ0v) is 17.9. The minimum Gasteiger partial charge on any atom is -0.339 e. The predicted molar refractivity (Wildman–Crippen MR) is 121 cm³/mol. The first-order valence-corrected chi connectivity index (χ1v) is 11.2. The second-order valence-corrected chi connectivity index (χ2v) is 8.86. The van der Waals surface area contributed by atoms with Crippen LogP contribution in [0, 0.1) is 13.8 Å². The molecule has 1 fully saturated rings. The molecule has 0 bridgehead atoms. The third-order valence-electron chi connectivity index (χ3n) is 5.61. The lowest BCUT2D eigenvalue weighted by Gasteiger charge is -2.26. The van der Waals surface area contributed by atoms with Gasteiger partial charge in [0.05, 0.1) is 17.6 Å². The number of aromatic amines is 1. The van der Waals surface area contributed by atoms with Gasteiger partial charge in [-0.05, 0) is 49.2 Å². The number of rotatable bonds is 3. The van der Waals surface area contributed by atoms with Crippen LogP contribution in [0.15, 0.2) is 48.8 Å². The number of pyridine rings is 1. The van der Waals surface area contributed by atoms with Crippen molar-refractivity contribution in [2.75, 3.05) is 24.6 Å². The smallest absolute Gasteiger partial charge is 0.253 e. The van der Waals surface area contributed by atoms with Gasteiger partial charge in [0.1, 0.15) is 5.65 Å². The molecule has 1 aliphatic heterocycles. The van der Waals surface area contributed by atoms with E-state index in [9.17, 15) is 4.79 Å². The number of carbonyl (C=O) groups is 1. The second-order valence-electron chi connectivity index (χ2n) is 7.64. The SMILES string of the molecule is Cc1cn(-c2cnc3[nH]c(-c4ccc(C(=O)N5CCSCC5)cc4)cc3c2)nc1C. The van der Waals surface area contributed by atoms with Crippen molar-refractivity contribution in [3.8, 4) is 16.9 Å². The number of H-pyrrole nitrogens is 1. The number of thioether (sulfide) groups is 1. The summed E-state index contributed by atoms with van der Waals surface area (Å²) < 4.78 is 1.86. The van der Waals surface area contributed by atoms with Crippen LogP contribution in [0.5, 0.6) is 0 Å². The number of aromatic nitrogens is 4. The molecule has 0 unspecified atom stereocenters. The van der Waals surface area contributed by atoms with Crippen molar-refractivity contribution in [1.82, 2.24) is 24.6 Å². The number of hydrogen-bond donors (Lipinski definition) is 1. The van der Waals surface area contributed by atoms with Crippen LogP contribution >= 0.6 is 11.8 Å². The quantitative estimate of drug-likeness (QED) is 0.542. The van der Waals surface area contributed by atoms with Crippen molar-refractivity contribution in [3.63, 3.8) is 0 Å². The van der Waals surface area contributed by atoms with Gasteiger partial charge in [-0.3, -0.25) is 4.79 Å². The van der Waals surface area contributed by atoms with E-state index < -0.39 is 0 Å². The molecule has 4 aromatic rings. The molecule has 1 amide bonds. The lowest BCUT2D eigenvalue weighted by atomic mass is 10.1. The highest BCUT2D eigenvalue weighted by molar-refractivity contribution is 7.99. The molecule has 0 atom stereocenters. The van der Waals surface area contributed by atoms with Crippen LogP contribution in [0.1, 0.15) is 21.6 Å². The van der Waals surface area contributed by atoms with Crippen molar-refractivity contribution in [2.24, 2.45) is 0 Å². The highest BCUT2D eigenvalue weighted by Gasteiger charge is 2.18. The second kappa shape index (κ2) is 7.65. The van der Waals surface area contributed by atoms with Crippen LogP contribution in [0.4, 0.5) is 0 Å². The summed E-state index contributed by atoms with van der Waals surface area (Å²) >= 11 is 1.90. The molecule has 0 aliphatic carbocycles. The fourth-order valence-corrected chi connectivity index (χ4v) is 4.61. The lowest BCUT2D eigenvalue weighted by Crippen LogP contribution is -2.37. The first-order chi connectivity index (χ1) is 14.6. The predicted octanol–water partition coefficient (Wildman–Crippen LogP) is 4.22. The fourth-order valence-electron chi connectivity index (χ4n) is 3.70. The fraction of sp³-hybridized carbons (Fsp3) is 0.261. The molecule has 4 heterocycles. The molecule has 1 aromatic carbocycles. The van der Waals surface area contributed by atoms with Gasteiger partial charge in [-0.1, -0.05) is 12.1 Å². The Balaban J connectivity index is 1.41. The highest BCUT2D eigenvalue weighted by atomic mass is 32.2. The number of carbonyl (C=O) groups excluding carboxylic acids is 1. The zero-order valence-electron chi connectivity index (χ0n) is 17.1. The molecular weight excluding hydrogens is 394 g/mol. The number of aryl methyl sites for hydroxylation is 2. The van der Waals surface area contributed by atoms with Crippen LogP contribution in [0.25, 0.3) is 28.0 Å². The average Bonchev–Trinajstić information content (AvgIpc) is 3.36. The van der Waals surface area contributed by atoms with E-state index >= 15 is 0 Å². The standard InChI is InChI=1S/C23H23N5OS/c1-15-14-28(26-16(15)2)20-11-19-12-21(25-22(19)24-13-20)17-3-5-18(6-4-17)23(29)27-7-9-30-10-8-27/h3-6,11-14H,7-10H2,1-2H3,(H,24,25). The zero-order chi connectivity index (χ0) is 20.7. The molecule has 0 saturated carbocycles. The van der Waals surface area contributed by atoms with Crippen molar-refractivity contribution < 1.29 is 4.79 Å². The van der Waals surface area contributed by atoms with Gasteiger partial charge in [0.15, 0.2) is 0 Å². The van der Waals surface area contributed by atoms with Gasteiger partial charge in [0.25, 0.3) is 5.91 Å². The third-order valence-corrected chi connectivity index (χ3v) is 6.55. The normalized spacial score (nSPS) is 14.4. The summed E-state index contributed by atoms with van der Waals surface area (Å²) in [6.07, 6.45) is 3.84. The Hall–Kier alpha value is -3.06. The third kappa shape index (κ3) is 3.50. The van der Waals surface area contributed by atoms with E-state index in [1.807, 2.05) is 64.9 Å². The van der Waals surface area contributed by atoms with Crippen LogP contribution < -0.4 is 0 Å². The Morgan fingerprint density at radius 3 is 2.57 bits per heavy atom. The minimum absolute atomic E-state index is 0.120. The van der Waals surface area contributed by atoms with E-state index in [-0.39, 0.29) is 5.91 Å². The number of amides is 1. The van der Waals surface area contributed by atoms with E-state index in [4.69, 9.17) is 0 Å². The minimum atomic E-state index is 0.120. The Labute approximate surface area is 179 Å². The van der Waals surface area contributed by atoms with Crippen LogP contribution in [0.3, 0.4) is 0 Å². The summed E-state index contributed by atoms with van der Waals surface area (Å²) in [6, 6.07) is 12.0. The molecule has 7 heteroatoms. The molecular formula is C23H23N5OS. The Bertz CT molecular complexity index is 1200. The van der Waals surface area contributed by atoms with Crippen LogP contribution in [-0.2, 0) is 0 Å². The van der Waals surface area contributed by atoms with Crippen molar-refractivity contribution in [1.29, 1.82) is 0 Å². The number of benzene rings is 1. The molecule has 30 heavy (non-hydrogen) atoms. The van der Waals surface area contributed by atoms with E-state index in [1.165, 1.54) is 0 Å². The topological polar surface area (TPSA) is 66.8 Å². The number of hydrogen-bond acceptors (Lipinski definition) is 4. The Morgan fingerprint density at radius 2 is 1.87 bits per heavy atom. The first kappa shape index (κ1) is 18.9. The van der Waals surface area contributed by atoms with Gasteiger partial charge in [0.2, 0.25) is 0 Å². The van der Waals surface area contributed by atoms with Gasteiger partial charge in [-0.25, -0.2) is 9.67 Å². The van der Waals surface area contributed by atoms with Crippen molar-refractivity contribution >= 4 is 28.7 Å². The van der Waals surface area contributed by atoms with Gasteiger partial charge in [0, 0.05) is 47.4 Å². The van der Waals surface area contributed by atoms with Crippen molar-refractivity contribution in [2.45, 2.75) is 13.8 Å². The summed E-state index contributed by atoms with van der Waals surface area (Å²) in [7, 11) is 0. The average molecular weight is 418 g/mol. The molecule has 0 radical (unpaired) electrons. The van der Waals surface area contributed by atoms with Gasteiger partial charge in [-0.2, -0.15) is 16.9 Å². The van der Waals surface area contributed by atoms with Crippen LogP contribution in [-0.4, -0.2) is 55.2 Å². The molecule has 1 N–H and O–H groups in total. The molecule has 1 saturated heterocycles. The van der Waals surface area contributed by atoms with E-state index in [2.05, 4.69) is 34.1 Å². The lowest BCUT2D eigenvalue weighted by molar-refractivity contribution is 0.0772. The highest BCUT2D eigenvalue weighted by Crippen LogP contribution is 2.25. The number of nitrogens with zero attached hydrogens (tertiary/aromatic N) is 4. The summed E-state index contributed by atoms with van der Waals surface area (Å²) in [5, 5.41) is 5.57. The van der Waals surface area contributed by atoms with Gasteiger partial charge < -0.3 is 9.88 Å². The maximum atomic E-state index is 12.7. The molecule has 5 rings (SSSR count). The van der Waals surface area contributed by atoms with Crippen LogP contribution in [0.2, 0.25) is 0 Å². The maximum absolute atomic E-state index is 12.7. The Morgan fingerprint density at radius 1 is 1.10 bits per heavy atom. The number of fused-ring (bicyclic) bond motifs is 1. The molecule has 0 spiro atoms. The largest absolute Gasteiger partial charge is 0.339 e. The first-order valence-electron chi connectivity index (χ1n) is 10.1. The van der Waals surface area contributed by atoms with Crippen molar-refractivity contribution in [3.05, 3.63) is 65.6 Å². The van der Waals surface area contributed by atoms with E-state index in [1.54, 1.807) is 0 Å².